The minimum atomic E-state index is -3.56. The Balaban J connectivity index is 1.38. The molecule has 0 aliphatic carbocycles. The van der Waals surface area contributed by atoms with E-state index in [1.165, 1.54) is 0 Å². The van der Waals surface area contributed by atoms with Crippen molar-refractivity contribution in [3.8, 4) is 5.69 Å². The molecule has 0 radical (unpaired) electrons. The number of sulfonamides is 1. The zero-order valence-electron chi connectivity index (χ0n) is 19.3. The van der Waals surface area contributed by atoms with Crippen LogP contribution in [0.15, 0.2) is 59.5 Å². The Morgan fingerprint density at radius 2 is 1.76 bits per heavy atom. The van der Waals surface area contributed by atoms with E-state index in [2.05, 4.69) is 9.82 Å². The van der Waals surface area contributed by atoms with Gasteiger partial charge < -0.3 is 4.90 Å². The highest BCUT2D eigenvalue weighted by Crippen LogP contribution is 2.20. The second-order valence-corrected chi connectivity index (χ2v) is 10.6. The van der Waals surface area contributed by atoms with Crippen molar-refractivity contribution in [2.24, 2.45) is 5.92 Å². The summed E-state index contributed by atoms with van der Waals surface area (Å²) in [7, 11) is -3.56. The van der Waals surface area contributed by atoms with Crippen LogP contribution in [0.5, 0.6) is 0 Å². The van der Waals surface area contributed by atoms with Crippen LogP contribution >= 0.6 is 0 Å². The molecular weight excluding hydrogens is 436 g/mol. The molecule has 1 unspecified atom stereocenters. The molecule has 8 heteroatoms. The predicted molar refractivity (Wildman–Crippen MR) is 128 cm³/mol. The fourth-order valence-electron chi connectivity index (χ4n) is 4.26. The average Bonchev–Trinajstić information content (AvgIpc) is 3.15. The monoisotopic (exact) mass is 466 g/mol. The molecule has 0 bridgehead atoms. The molecule has 2 heterocycles. The van der Waals surface area contributed by atoms with Crippen LogP contribution in [-0.4, -0.2) is 48.6 Å². The van der Waals surface area contributed by atoms with Gasteiger partial charge in [-0.2, -0.15) is 5.10 Å². The number of hydrogen-bond donors (Lipinski definition) is 1. The lowest BCUT2D eigenvalue weighted by atomic mass is 9.97. The SMILES string of the molecule is Cc1ccc(S(=O)(=O)NCC2CCCN(C(=O)c3ccc(-n4nc(C)cc4C)cc3)C2)cc1. The van der Waals surface area contributed by atoms with Crippen molar-refractivity contribution in [3.05, 3.63) is 77.1 Å². The van der Waals surface area contributed by atoms with Gasteiger partial charge in [-0.05, 0) is 82.0 Å². The summed E-state index contributed by atoms with van der Waals surface area (Å²) in [5, 5.41) is 4.49. The lowest BCUT2D eigenvalue weighted by Crippen LogP contribution is -2.43. The van der Waals surface area contributed by atoms with E-state index >= 15 is 0 Å². The molecule has 0 spiro atoms. The Hall–Kier alpha value is -2.97. The average molecular weight is 467 g/mol. The van der Waals surface area contributed by atoms with Crippen LogP contribution in [0.25, 0.3) is 5.69 Å². The zero-order chi connectivity index (χ0) is 23.6. The first kappa shape index (κ1) is 23.2. The molecule has 174 valence electrons. The summed E-state index contributed by atoms with van der Waals surface area (Å²) < 4.78 is 29.8. The maximum Gasteiger partial charge on any atom is 0.253 e. The molecule has 2 aromatic carbocycles. The van der Waals surface area contributed by atoms with Crippen LogP contribution < -0.4 is 4.72 Å². The van der Waals surface area contributed by atoms with Crippen molar-refractivity contribution in [2.45, 2.75) is 38.5 Å². The van der Waals surface area contributed by atoms with E-state index in [0.717, 1.165) is 35.5 Å². The summed E-state index contributed by atoms with van der Waals surface area (Å²) in [6, 6.07) is 16.3. The van der Waals surface area contributed by atoms with Gasteiger partial charge in [-0.3, -0.25) is 4.79 Å². The first-order valence-corrected chi connectivity index (χ1v) is 12.7. The van der Waals surface area contributed by atoms with Crippen molar-refractivity contribution in [2.75, 3.05) is 19.6 Å². The second kappa shape index (κ2) is 9.49. The van der Waals surface area contributed by atoms with Crippen LogP contribution in [0, 0.1) is 26.7 Å². The Kier molecular flexibility index (Phi) is 6.67. The Morgan fingerprint density at radius 1 is 1.06 bits per heavy atom. The van der Waals surface area contributed by atoms with Gasteiger partial charge in [-0.15, -0.1) is 0 Å². The van der Waals surface area contributed by atoms with E-state index in [9.17, 15) is 13.2 Å². The summed E-state index contributed by atoms with van der Waals surface area (Å²) in [6.45, 7) is 7.41. The number of piperidine rings is 1. The summed E-state index contributed by atoms with van der Waals surface area (Å²) in [6.07, 6.45) is 1.74. The molecule has 7 nitrogen and oxygen atoms in total. The van der Waals surface area contributed by atoms with Crippen LogP contribution in [-0.2, 0) is 10.0 Å². The third-order valence-electron chi connectivity index (χ3n) is 6.07. The molecule has 1 saturated heterocycles. The highest BCUT2D eigenvalue weighted by Gasteiger charge is 2.26. The van der Waals surface area contributed by atoms with Gasteiger partial charge in [0.1, 0.15) is 0 Å². The fraction of sp³-hybridized carbons (Fsp3) is 0.360. The van der Waals surface area contributed by atoms with Crippen LogP contribution in [0.4, 0.5) is 0 Å². The third kappa shape index (κ3) is 5.34. The van der Waals surface area contributed by atoms with E-state index in [4.69, 9.17) is 0 Å². The molecule has 1 aromatic heterocycles. The van der Waals surface area contributed by atoms with Gasteiger partial charge in [0.15, 0.2) is 0 Å². The number of likely N-dealkylation sites (tertiary alicyclic amines) is 1. The highest BCUT2D eigenvalue weighted by atomic mass is 32.2. The molecule has 1 fully saturated rings. The number of aryl methyl sites for hydroxylation is 3. The molecule has 1 amide bonds. The van der Waals surface area contributed by atoms with Gasteiger partial charge in [0.05, 0.1) is 16.3 Å². The number of nitrogens with one attached hydrogen (secondary N) is 1. The smallest absolute Gasteiger partial charge is 0.253 e. The number of aromatic nitrogens is 2. The lowest BCUT2D eigenvalue weighted by Gasteiger charge is -2.33. The van der Waals surface area contributed by atoms with Crippen molar-refractivity contribution < 1.29 is 13.2 Å². The van der Waals surface area contributed by atoms with E-state index in [-0.39, 0.29) is 16.7 Å². The van der Waals surface area contributed by atoms with Crippen molar-refractivity contribution in [3.63, 3.8) is 0 Å². The largest absolute Gasteiger partial charge is 0.338 e. The minimum Gasteiger partial charge on any atom is -0.338 e. The lowest BCUT2D eigenvalue weighted by molar-refractivity contribution is 0.0676. The molecule has 33 heavy (non-hydrogen) atoms. The molecule has 1 N–H and O–H groups in total. The molecule has 0 saturated carbocycles. The number of carbonyl (C=O) groups excluding carboxylic acids is 1. The maximum atomic E-state index is 13.1. The number of benzene rings is 2. The Labute approximate surface area is 195 Å². The topological polar surface area (TPSA) is 84.3 Å². The van der Waals surface area contributed by atoms with Gasteiger partial charge in [0.2, 0.25) is 10.0 Å². The second-order valence-electron chi connectivity index (χ2n) is 8.81. The Morgan fingerprint density at radius 3 is 2.39 bits per heavy atom. The molecule has 1 atom stereocenters. The fourth-order valence-corrected chi connectivity index (χ4v) is 5.38. The van der Waals surface area contributed by atoms with Gasteiger partial charge >= 0.3 is 0 Å². The molecular formula is C25H30N4O3S. The van der Waals surface area contributed by atoms with Gasteiger partial charge in [0.25, 0.3) is 5.91 Å². The Bertz CT molecular complexity index is 1230. The number of nitrogens with zero attached hydrogens (tertiary/aromatic N) is 3. The highest BCUT2D eigenvalue weighted by molar-refractivity contribution is 7.89. The van der Waals surface area contributed by atoms with Gasteiger partial charge in [-0.1, -0.05) is 17.7 Å². The van der Waals surface area contributed by atoms with Crippen LogP contribution in [0.1, 0.15) is 40.2 Å². The van der Waals surface area contributed by atoms with Crippen molar-refractivity contribution >= 4 is 15.9 Å². The zero-order valence-corrected chi connectivity index (χ0v) is 20.1. The number of rotatable bonds is 6. The summed E-state index contributed by atoms with van der Waals surface area (Å²) in [5.74, 6) is 0.0536. The first-order valence-electron chi connectivity index (χ1n) is 11.2. The standard InChI is InChI=1S/C25H30N4O3S/c1-18-6-12-24(13-7-18)33(31,32)26-16-21-5-4-14-28(17-21)25(30)22-8-10-23(11-9-22)29-20(3)15-19(2)27-29/h6-13,15,21,26H,4-5,14,16-17H2,1-3H3. The van der Waals surface area contributed by atoms with Crippen LogP contribution in [0.2, 0.25) is 0 Å². The molecule has 3 aromatic rings. The quantitative estimate of drug-likeness (QED) is 0.601. The first-order chi connectivity index (χ1) is 15.7. The van der Waals surface area contributed by atoms with E-state index < -0.39 is 10.0 Å². The predicted octanol–water partition coefficient (Wildman–Crippen LogP) is 3.63. The molecule has 1 aliphatic heterocycles. The number of carbonyl (C=O) groups is 1. The molecule has 1 aliphatic rings. The molecule has 4 rings (SSSR count). The van der Waals surface area contributed by atoms with E-state index in [0.29, 0.717) is 25.2 Å². The van der Waals surface area contributed by atoms with Crippen LogP contribution in [0.3, 0.4) is 0 Å². The summed E-state index contributed by atoms with van der Waals surface area (Å²) in [5.41, 5.74) is 4.54. The summed E-state index contributed by atoms with van der Waals surface area (Å²) in [4.78, 5) is 15.2. The van der Waals surface area contributed by atoms with E-state index in [1.54, 1.807) is 24.3 Å². The van der Waals surface area contributed by atoms with Crippen molar-refractivity contribution in [1.82, 2.24) is 19.4 Å². The summed E-state index contributed by atoms with van der Waals surface area (Å²) >= 11 is 0. The van der Waals surface area contributed by atoms with E-state index in [1.807, 2.05) is 60.7 Å². The number of amides is 1. The third-order valence-corrected chi connectivity index (χ3v) is 7.51. The van der Waals surface area contributed by atoms with Gasteiger partial charge in [0, 0.05) is 30.9 Å². The minimum absolute atomic E-state index is 0.0268. The van der Waals surface area contributed by atoms with Gasteiger partial charge in [-0.25, -0.2) is 17.8 Å². The maximum absolute atomic E-state index is 13.1. The number of hydrogen-bond acceptors (Lipinski definition) is 4. The van der Waals surface area contributed by atoms with Crippen molar-refractivity contribution in [1.29, 1.82) is 0 Å². The normalized spacial score (nSPS) is 16.7.